The van der Waals surface area contributed by atoms with Crippen molar-refractivity contribution in [2.24, 2.45) is 0 Å². The first-order valence-electron chi connectivity index (χ1n) is 9.08. The molecule has 28 heavy (non-hydrogen) atoms. The van der Waals surface area contributed by atoms with Crippen LogP contribution in [0.25, 0.3) is 0 Å². The first kappa shape index (κ1) is 21.0. The maximum atomic E-state index is 12.3. The zero-order valence-corrected chi connectivity index (χ0v) is 16.0. The normalized spacial score (nSPS) is 10.8. The van der Waals surface area contributed by atoms with Crippen LogP contribution in [0.2, 0.25) is 0 Å². The topological polar surface area (TPSA) is 85.6 Å². The second-order valence-electron chi connectivity index (χ2n) is 6.19. The smallest absolute Gasteiger partial charge is 0.263 e. The molecule has 0 fully saturated rings. The van der Waals surface area contributed by atoms with Crippen molar-refractivity contribution < 1.29 is 14.6 Å². The largest absolute Gasteiger partial charge is 0.497 e. The Labute approximate surface area is 165 Å². The molecule has 0 radical (unpaired) electrons. The molecule has 2 aromatic rings. The van der Waals surface area contributed by atoms with E-state index in [4.69, 9.17) is 4.74 Å². The van der Waals surface area contributed by atoms with Crippen molar-refractivity contribution in [2.75, 3.05) is 26.8 Å². The molecule has 0 saturated carbocycles. The summed E-state index contributed by atoms with van der Waals surface area (Å²) in [5, 5.41) is 21.4. The number of rotatable bonds is 10. The summed E-state index contributed by atoms with van der Waals surface area (Å²) in [5.74, 6) is 0.358. The van der Waals surface area contributed by atoms with Crippen molar-refractivity contribution in [3.63, 3.8) is 0 Å². The monoisotopic (exact) mass is 379 g/mol. The Morgan fingerprint density at radius 1 is 1.18 bits per heavy atom. The number of nitriles is 1. The van der Waals surface area contributed by atoms with Gasteiger partial charge in [-0.05, 0) is 29.7 Å². The fourth-order valence-electron chi connectivity index (χ4n) is 2.66. The molecule has 0 aliphatic rings. The molecular weight excluding hydrogens is 354 g/mol. The van der Waals surface area contributed by atoms with Gasteiger partial charge in [-0.15, -0.1) is 0 Å². The molecule has 0 bridgehead atoms. The second kappa shape index (κ2) is 11.4. The zero-order valence-electron chi connectivity index (χ0n) is 16.0. The number of aliphatic hydroxyl groups excluding tert-OH is 1. The average molecular weight is 379 g/mol. The second-order valence-corrected chi connectivity index (χ2v) is 6.19. The van der Waals surface area contributed by atoms with Crippen molar-refractivity contribution >= 4 is 5.91 Å². The fraction of sp³-hybridized carbons (Fsp3) is 0.273. The Bertz CT molecular complexity index is 811. The minimum absolute atomic E-state index is 0.0131. The van der Waals surface area contributed by atoms with E-state index in [1.165, 1.54) is 6.20 Å². The number of aliphatic hydroxyl groups is 1. The molecule has 0 atom stereocenters. The molecule has 1 amide bonds. The first-order valence-corrected chi connectivity index (χ1v) is 9.08. The lowest BCUT2D eigenvalue weighted by Gasteiger charge is -2.20. The van der Waals surface area contributed by atoms with Crippen molar-refractivity contribution in [3.8, 4) is 11.8 Å². The van der Waals surface area contributed by atoms with E-state index < -0.39 is 5.91 Å². The van der Waals surface area contributed by atoms with Crippen LogP contribution in [0.15, 0.2) is 66.4 Å². The van der Waals surface area contributed by atoms with Crippen LogP contribution in [0.1, 0.15) is 11.1 Å². The molecule has 6 heteroatoms. The number of methoxy groups -OCH3 is 1. The minimum atomic E-state index is -0.424. The molecule has 0 heterocycles. The molecule has 2 rings (SSSR count). The van der Waals surface area contributed by atoms with Gasteiger partial charge in [0.05, 0.1) is 13.7 Å². The molecule has 0 saturated heterocycles. The number of benzene rings is 2. The third-order valence-corrected chi connectivity index (χ3v) is 4.15. The third kappa shape index (κ3) is 6.78. The van der Waals surface area contributed by atoms with Gasteiger partial charge >= 0.3 is 0 Å². The predicted molar refractivity (Wildman–Crippen MR) is 107 cm³/mol. The van der Waals surface area contributed by atoms with E-state index >= 15 is 0 Å². The molecule has 146 valence electrons. The number of hydrogen-bond acceptors (Lipinski definition) is 5. The Kier molecular flexibility index (Phi) is 8.57. The van der Waals surface area contributed by atoms with Gasteiger partial charge in [0.2, 0.25) is 0 Å². The van der Waals surface area contributed by atoms with Gasteiger partial charge in [0.15, 0.2) is 0 Å². The SMILES string of the molecule is COc1ccc(CCNC(=O)/C(C#N)=C\N(CCO)Cc2ccccc2)cc1. The lowest BCUT2D eigenvalue weighted by molar-refractivity contribution is -0.117. The maximum Gasteiger partial charge on any atom is 0.263 e. The van der Waals surface area contributed by atoms with Crippen LogP contribution in [-0.4, -0.2) is 42.7 Å². The van der Waals surface area contributed by atoms with Crippen molar-refractivity contribution in [3.05, 3.63) is 77.5 Å². The summed E-state index contributed by atoms with van der Waals surface area (Å²) in [6.07, 6.45) is 2.16. The van der Waals surface area contributed by atoms with E-state index in [1.54, 1.807) is 12.0 Å². The van der Waals surface area contributed by atoms with Crippen LogP contribution >= 0.6 is 0 Å². The van der Waals surface area contributed by atoms with E-state index in [0.29, 0.717) is 26.1 Å². The molecule has 6 nitrogen and oxygen atoms in total. The summed E-state index contributed by atoms with van der Waals surface area (Å²) in [6.45, 7) is 1.19. The Hall–Kier alpha value is -3.30. The van der Waals surface area contributed by atoms with Gasteiger partial charge < -0.3 is 20.1 Å². The number of nitrogens with zero attached hydrogens (tertiary/aromatic N) is 2. The van der Waals surface area contributed by atoms with Crippen LogP contribution in [0, 0.1) is 11.3 Å². The maximum absolute atomic E-state index is 12.3. The number of hydrogen-bond donors (Lipinski definition) is 2. The lowest BCUT2D eigenvalue weighted by Crippen LogP contribution is -2.29. The van der Waals surface area contributed by atoms with Gasteiger partial charge in [0.1, 0.15) is 17.4 Å². The highest BCUT2D eigenvalue weighted by molar-refractivity contribution is 5.97. The lowest BCUT2D eigenvalue weighted by atomic mass is 10.1. The molecule has 0 aromatic heterocycles. The summed E-state index contributed by atoms with van der Waals surface area (Å²) in [4.78, 5) is 14.1. The van der Waals surface area contributed by atoms with Gasteiger partial charge in [0, 0.05) is 25.8 Å². The van der Waals surface area contributed by atoms with Gasteiger partial charge in [-0.2, -0.15) is 5.26 Å². The van der Waals surface area contributed by atoms with E-state index in [9.17, 15) is 15.2 Å². The number of nitrogens with one attached hydrogen (secondary N) is 1. The van der Waals surface area contributed by atoms with E-state index in [2.05, 4.69) is 5.32 Å². The van der Waals surface area contributed by atoms with E-state index in [1.807, 2.05) is 60.7 Å². The molecule has 2 aromatic carbocycles. The van der Waals surface area contributed by atoms with Crippen LogP contribution in [0.5, 0.6) is 5.75 Å². The summed E-state index contributed by atoms with van der Waals surface area (Å²) < 4.78 is 5.12. The van der Waals surface area contributed by atoms with Gasteiger partial charge in [0.25, 0.3) is 5.91 Å². The summed E-state index contributed by atoms with van der Waals surface area (Å²) >= 11 is 0. The summed E-state index contributed by atoms with van der Waals surface area (Å²) in [6, 6.07) is 19.3. The van der Waals surface area contributed by atoms with Crippen LogP contribution in [0.3, 0.4) is 0 Å². The molecule has 0 unspecified atom stereocenters. The molecule has 0 aliphatic carbocycles. The Morgan fingerprint density at radius 3 is 2.50 bits per heavy atom. The predicted octanol–water partition coefficient (Wildman–Crippen LogP) is 2.26. The van der Waals surface area contributed by atoms with Crippen molar-refractivity contribution in [2.45, 2.75) is 13.0 Å². The summed E-state index contributed by atoms with van der Waals surface area (Å²) in [5.41, 5.74) is 2.11. The van der Waals surface area contributed by atoms with Crippen molar-refractivity contribution in [1.82, 2.24) is 10.2 Å². The standard InChI is InChI=1S/C22H25N3O3/c1-28-21-9-7-18(8-10-21)11-12-24-22(27)20(15-23)17-25(13-14-26)16-19-5-3-2-4-6-19/h2-10,17,26H,11-14,16H2,1H3,(H,24,27)/b20-17-. The van der Waals surface area contributed by atoms with Crippen LogP contribution in [0.4, 0.5) is 0 Å². The number of carbonyl (C=O) groups is 1. The van der Waals surface area contributed by atoms with E-state index in [-0.39, 0.29) is 12.2 Å². The highest BCUT2D eigenvalue weighted by atomic mass is 16.5. The van der Waals surface area contributed by atoms with Crippen LogP contribution < -0.4 is 10.1 Å². The fourth-order valence-corrected chi connectivity index (χ4v) is 2.66. The third-order valence-electron chi connectivity index (χ3n) is 4.15. The van der Waals surface area contributed by atoms with Crippen molar-refractivity contribution in [1.29, 1.82) is 5.26 Å². The molecule has 2 N–H and O–H groups in total. The van der Waals surface area contributed by atoms with Gasteiger partial charge in [-0.25, -0.2) is 0 Å². The minimum Gasteiger partial charge on any atom is -0.497 e. The number of amides is 1. The number of carbonyl (C=O) groups excluding carboxylic acids is 1. The zero-order chi connectivity index (χ0) is 20.2. The highest BCUT2D eigenvalue weighted by Crippen LogP contribution is 2.11. The average Bonchev–Trinajstić information content (AvgIpc) is 2.73. The highest BCUT2D eigenvalue weighted by Gasteiger charge is 2.11. The quantitative estimate of drug-likeness (QED) is 0.489. The van der Waals surface area contributed by atoms with Gasteiger partial charge in [-0.3, -0.25) is 4.79 Å². The first-order chi connectivity index (χ1) is 13.7. The number of ether oxygens (including phenoxy) is 1. The Morgan fingerprint density at radius 2 is 1.89 bits per heavy atom. The van der Waals surface area contributed by atoms with Crippen LogP contribution in [-0.2, 0) is 17.8 Å². The van der Waals surface area contributed by atoms with Gasteiger partial charge in [-0.1, -0.05) is 42.5 Å². The molecular formula is C22H25N3O3. The molecule has 0 spiro atoms. The Balaban J connectivity index is 1.94. The summed E-state index contributed by atoms with van der Waals surface area (Å²) in [7, 11) is 1.61. The van der Waals surface area contributed by atoms with E-state index in [0.717, 1.165) is 16.9 Å². The molecule has 0 aliphatic heterocycles.